The van der Waals surface area contributed by atoms with Gasteiger partial charge < -0.3 is 10.2 Å². The van der Waals surface area contributed by atoms with Crippen LogP contribution >= 0.6 is 12.2 Å². The molecule has 1 saturated carbocycles. The van der Waals surface area contributed by atoms with Crippen molar-refractivity contribution >= 4 is 34.1 Å². The van der Waals surface area contributed by atoms with Crippen molar-refractivity contribution < 1.29 is 0 Å². The molecule has 4 rings (SSSR count). The molecule has 2 bridgehead atoms. The zero-order valence-corrected chi connectivity index (χ0v) is 15.3. The number of hydrogen-bond donors (Lipinski definition) is 1. The molecule has 1 aromatic heterocycles. The van der Waals surface area contributed by atoms with Gasteiger partial charge in [0.2, 0.25) is 0 Å². The van der Waals surface area contributed by atoms with Crippen molar-refractivity contribution in [3.63, 3.8) is 0 Å². The fourth-order valence-corrected chi connectivity index (χ4v) is 4.77. The van der Waals surface area contributed by atoms with Crippen LogP contribution in [-0.2, 0) is 0 Å². The lowest BCUT2D eigenvalue weighted by atomic mass is 9.65. The maximum atomic E-state index is 5.74. The van der Waals surface area contributed by atoms with Crippen molar-refractivity contribution in [3.05, 3.63) is 30.6 Å². The van der Waals surface area contributed by atoms with Crippen molar-refractivity contribution in [2.45, 2.75) is 39.7 Å². The highest BCUT2D eigenvalue weighted by molar-refractivity contribution is 7.80. The van der Waals surface area contributed by atoms with Crippen molar-refractivity contribution in [1.29, 1.82) is 0 Å². The van der Waals surface area contributed by atoms with Crippen LogP contribution in [0, 0.1) is 17.3 Å². The minimum absolute atomic E-state index is 0.399. The lowest BCUT2D eigenvalue weighted by Gasteiger charge is -2.41. The topological polar surface area (TPSA) is 41.0 Å². The molecule has 5 heteroatoms. The average Bonchev–Trinajstić information content (AvgIpc) is 2.92. The van der Waals surface area contributed by atoms with Gasteiger partial charge >= 0.3 is 0 Å². The number of fused-ring (bicyclic) bond motifs is 3. The van der Waals surface area contributed by atoms with Crippen molar-refractivity contribution in [1.82, 2.24) is 14.9 Å². The van der Waals surface area contributed by atoms with Gasteiger partial charge in [0.15, 0.2) is 5.11 Å². The summed E-state index contributed by atoms with van der Waals surface area (Å²) in [6.07, 6.45) is 5.93. The highest BCUT2D eigenvalue weighted by Crippen LogP contribution is 2.49. The fraction of sp³-hybridized carbons (Fsp3) is 0.526. The predicted octanol–water partition coefficient (Wildman–Crippen LogP) is 4.08. The minimum atomic E-state index is 0.399. The quantitative estimate of drug-likeness (QED) is 0.792. The van der Waals surface area contributed by atoms with E-state index in [-0.39, 0.29) is 0 Å². The second-order valence-electron chi connectivity index (χ2n) is 7.97. The maximum absolute atomic E-state index is 5.74. The number of nitrogens with one attached hydrogen (secondary N) is 1. The molecule has 126 valence electrons. The summed E-state index contributed by atoms with van der Waals surface area (Å²) in [5.41, 5.74) is 3.18. The Kier molecular flexibility index (Phi) is 3.71. The molecule has 1 saturated heterocycles. The molecule has 0 radical (unpaired) electrons. The molecule has 2 heterocycles. The van der Waals surface area contributed by atoms with Gasteiger partial charge in [-0.1, -0.05) is 20.8 Å². The Morgan fingerprint density at radius 3 is 2.79 bits per heavy atom. The summed E-state index contributed by atoms with van der Waals surface area (Å²) in [6, 6.07) is 6.60. The number of likely N-dealkylation sites (tertiary alicyclic amines) is 1. The third-order valence-corrected chi connectivity index (χ3v) is 6.47. The molecule has 2 aliphatic rings. The van der Waals surface area contributed by atoms with E-state index in [0.717, 1.165) is 40.2 Å². The highest BCUT2D eigenvalue weighted by atomic mass is 32.1. The van der Waals surface area contributed by atoms with Crippen LogP contribution in [0.25, 0.3) is 11.0 Å². The van der Waals surface area contributed by atoms with Crippen LogP contribution in [-0.4, -0.2) is 32.6 Å². The van der Waals surface area contributed by atoms with Crippen LogP contribution in [0.1, 0.15) is 33.6 Å². The van der Waals surface area contributed by atoms with Gasteiger partial charge in [0.1, 0.15) is 0 Å². The monoisotopic (exact) mass is 340 g/mol. The van der Waals surface area contributed by atoms with Crippen molar-refractivity contribution in [2.75, 3.05) is 11.9 Å². The third kappa shape index (κ3) is 2.65. The van der Waals surface area contributed by atoms with Crippen LogP contribution in [0.2, 0.25) is 0 Å². The zero-order chi connectivity index (χ0) is 16.9. The standard InChI is InChI=1S/C19H24N4S/c1-12-13-8-15(10-19(12,2)3)23(11-13)18(24)22-14-4-5-16-17(9-14)21-7-6-20-16/h4-7,9,12-13,15H,8,10-11H2,1-3H3,(H,22,24)/t12-,13-,15+/m1/s1. The molecule has 2 aromatic rings. The summed E-state index contributed by atoms with van der Waals surface area (Å²) in [7, 11) is 0. The number of anilines is 1. The number of benzene rings is 1. The van der Waals surface area contributed by atoms with E-state index < -0.39 is 0 Å². The lowest BCUT2D eigenvalue weighted by molar-refractivity contribution is 0.107. The van der Waals surface area contributed by atoms with E-state index in [1.54, 1.807) is 12.4 Å². The third-order valence-electron chi connectivity index (χ3n) is 6.13. The fourth-order valence-electron chi connectivity index (χ4n) is 4.43. The molecule has 0 spiro atoms. The number of hydrogen-bond acceptors (Lipinski definition) is 3. The summed E-state index contributed by atoms with van der Waals surface area (Å²) in [6.45, 7) is 8.29. The number of thiocarbonyl (C=S) groups is 1. The van der Waals surface area contributed by atoms with Crippen molar-refractivity contribution in [2.24, 2.45) is 17.3 Å². The van der Waals surface area contributed by atoms with E-state index in [9.17, 15) is 0 Å². The first kappa shape index (κ1) is 15.8. The zero-order valence-electron chi connectivity index (χ0n) is 14.5. The molecule has 0 amide bonds. The lowest BCUT2D eigenvalue weighted by Crippen LogP contribution is -2.41. The summed E-state index contributed by atoms with van der Waals surface area (Å²) in [4.78, 5) is 11.1. The van der Waals surface area contributed by atoms with E-state index >= 15 is 0 Å². The Bertz CT molecular complexity index is 788. The number of rotatable bonds is 1. The van der Waals surface area contributed by atoms with Crippen molar-refractivity contribution in [3.8, 4) is 0 Å². The van der Waals surface area contributed by atoms with E-state index in [4.69, 9.17) is 12.2 Å². The van der Waals surface area contributed by atoms with Gasteiger partial charge in [-0.3, -0.25) is 9.97 Å². The summed E-state index contributed by atoms with van der Waals surface area (Å²) >= 11 is 5.74. The molecule has 4 nitrogen and oxygen atoms in total. The summed E-state index contributed by atoms with van der Waals surface area (Å²) in [5.74, 6) is 1.50. The second kappa shape index (κ2) is 5.66. The van der Waals surface area contributed by atoms with Crippen LogP contribution < -0.4 is 5.32 Å². The minimum Gasteiger partial charge on any atom is -0.346 e. The summed E-state index contributed by atoms with van der Waals surface area (Å²) < 4.78 is 0. The van der Waals surface area contributed by atoms with Gasteiger partial charge in [-0.2, -0.15) is 0 Å². The van der Waals surface area contributed by atoms with E-state index in [2.05, 4.69) is 41.0 Å². The Morgan fingerprint density at radius 2 is 2.00 bits per heavy atom. The predicted molar refractivity (Wildman–Crippen MR) is 102 cm³/mol. The van der Waals surface area contributed by atoms with E-state index in [1.165, 1.54) is 12.8 Å². The first-order chi connectivity index (χ1) is 11.4. The molecule has 2 fully saturated rings. The van der Waals surface area contributed by atoms with Gasteiger partial charge in [-0.05, 0) is 60.5 Å². The largest absolute Gasteiger partial charge is 0.346 e. The summed E-state index contributed by atoms with van der Waals surface area (Å²) in [5, 5.41) is 4.26. The molecule has 1 aliphatic heterocycles. The molecule has 24 heavy (non-hydrogen) atoms. The molecule has 1 N–H and O–H groups in total. The van der Waals surface area contributed by atoms with Gasteiger partial charge in [0, 0.05) is 30.7 Å². The highest BCUT2D eigenvalue weighted by Gasteiger charge is 2.48. The van der Waals surface area contributed by atoms with Gasteiger partial charge in [0.05, 0.1) is 11.0 Å². The molecule has 3 atom stereocenters. The number of nitrogens with zero attached hydrogens (tertiary/aromatic N) is 3. The first-order valence-electron chi connectivity index (χ1n) is 8.72. The Morgan fingerprint density at radius 1 is 1.25 bits per heavy atom. The van der Waals surface area contributed by atoms with E-state index in [0.29, 0.717) is 11.5 Å². The first-order valence-corrected chi connectivity index (χ1v) is 9.13. The number of aromatic nitrogens is 2. The molecular weight excluding hydrogens is 316 g/mol. The Labute approximate surface area is 148 Å². The molecule has 1 aliphatic carbocycles. The van der Waals surface area contributed by atoms with Crippen LogP contribution in [0.5, 0.6) is 0 Å². The molecule has 1 aromatic carbocycles. The van der Waals surface area contributed by atoms with Gasteiger partial charge in [0.25, 0.3) is 0 Å². The smallest absolute Gasteiger partial charge is 0.173 e. The molecule has 0 unspecified atom stereocenters. The Hall–Kier alpha value is -1.75. The second-order valence-corrected chi connectivity index (χ2v) is 8.36. The maximum Gasteiger partial charge on any atom is 0.173 e. The Balaban J connectivity index is 1.52. The van der Waals surface area contributed by atoms with Crippen LogP contribution in [0.3, 0.4) is 0 Å². The molecular formula is C19H24N4S. The average molecular weight is 340 g/mol. The SMILES string of the molecule is C[C@@H]1[C@@H]2C[C@@H](CC1(C)C)N(C(=S)Nc1ccc3nccnc3c1)C2. The van der Waals surface area contributed by atoms with Crippen LogP contribution in [0.4, 0.5) is 5.69 Å². The van der Waals surface area contributed by atoms with Crippen LogP contribution in [0.15, 0.2) is 30.6 Å². The van der Waals surface area contributed by atoms with Gasteiger partial charge in [-0.15, -0.1) is 0 Å². The normalized spacial score (nSPS) is 28.1. The van der Waals surface area contributed by atoms with Gasteiger partial charge in [-0.25, -0.2) is 0 Å². The van der Waals surface area contributed by atoms with E-state index in [1.807, 2.05) is 18.2 Å².